The molecule has 1 aromatic carbocycles. The molecule has 5 nitrogen and oxygen atoms in total. The summed E-state index contributed by atoms with van der Waals surface area (Å²) in [5.41, 5.74) is 5.90. The second kappa shape index (κ2) is 5.88. The van der Waals surface area contributed by atoms with Crippen LogP contribution in [0.2, 0.25) is 5.02 Å². The fraction of sp³-hybridized carbons (Fsp3) is 0.455. The SMILES string of the molecule is CC(O)CCN(C)S(=O)(=O)c1cc(N)ccc1Cl. The number of rotatable bonds is 5. The number of hydrogen-bond donors (Lipinski definition) is 2. The van der Waals surface area contributed by atoms with Crippen LogP contribution in [0, 0.1) is 0 Å². The molecule has 0 spiro atoms. The summed E-state index contributed by atoms with van der Waals surface area (Å²) in [5, 5.41) is 9.30. The van der Waals surface area contributed by atoms with Crippen molar-refractivity contribution in [1.29, 1.82) is 0 Å². The second-order valence-electron chi connectivity index (χ2n) is 4.15. The quantitative estimate of drug-likeness (QED) is 0.802. The Balaban J connectivity index is 3.02. The van der Waals surface area contributed by atoms with E-state index >= 15 is 0 Å². The predicted octanol–water partition coefficient (Wildman–Crippen LogP) is 1.31. The molecule has 0 fully saturated rings. The van der Waals surface area contributed by atoms with Gasteiger partial charge in [0.05, 0.1) is 11.1 Å². The molecule has 0 bridgehead atoms. The Morgan fingerprint density at radius 1 is 1.50 bits per heavy atom. The molecule has 3 N–H and O–H groups in total. The van der Waals surface area contributed by atoms with Crippen LogP contribution in [0.15, 0.2) is 23.1 Å². The molecule has 18 heavy (non-hydrogen) atoms. The van der Waals surface area contributed by atoms with Crippen molar-refractivity contribution < 1.29 is 13.5 Å². The van der Waals surface area contributed by atoms with Gasteiger partial charge in [-0.3, -0.25) is 0 Å². The second-order valence-corrected chi connectivity index (χ2v) is 6.57. The Hall–Kier alpha value is -0.820. The van der Waals surface area contributed by atoms with Crippen LogP contribution in [0.4, 0.5) is 5.69 Å². The zero-order valence-corrected chi connectivity index (χ0v) is 11.9. The summed E-state index contributed by atoms with van der Waals surface area (Å²) in [6, 6.07) is 4.32. The molecule has 0 aliphatic heterocycles. The van der Waals surface area contributed by atoms with Gasteiger partial charge in [0.2, 0.25) is 10.0 Å². The Bertz CT molecular complexity index is 517. The fourth-order valence-electron chi connectivity index (χ4n) is 1.37. The standard InChI is InChI=1S/C11H17ClN2O3S/c1-8(15)5-6-14(2)18(16,17)11-7-9(13)3-4-10(11)12/h3-4,7-8,15H,5-6,13H2,1-2H3. The van der Waals surface area contributed by atoms with Gasteiger partial charge in [0, 0.05) is 19.3 Å². The van der Waals surface area contributed by atoms with Gasteiger partial charge in [-0.15, -0.1) is 0 Å². The van der Waals surface area contributed by atoms with Crippen molar-refractivity contribution in [1.82, 2.24) is 4.31 Å². The first-order chi connectivity index (χ1) is 8.25. The molecule has 7 heteroatoms. The molecule has 1 aromatic rings. The highest BCUT2D eigenvalue weighted by molar-refractivity contribution is 7.89. The molecule has 0 radical (unpaired) electrons. The van der Waals surface area contributed by atoms with E-state index in [4.69, 9.17) is 22.4 Å². The highest BCUT2D eigenvalue weighted by Crippen LogP contribution is 2.26. The van der Waals surface area contributed by atoms with Crippen LogP contribution in [0.25, 0.3) is 0 Å². The average Bonchev–Trinajstić information content (AvgIpc) is 2.28. The van der Waals surface area contributed by atoms with Gasteiger partial charge in [-0.2, -0.15) is 0 Å². The number of sulfonamides is 1. The van der Waals surface area contributed by atoms with Crippen LogP contribution in [-0.4, -0.2) is 37.5 Å². The zero-order chi connectivity index (χ0) is 13.9. The first kappa shape index (κ1) is 15.2. The number of nitrogens with zero attached hydrogens (tertiary/aromatic N) is 1. The first-order valence-electron chi connectivity index (χ1n) is 5.44. The Morgan fingerprint density at radius 2 is 2.11 bits per heavy atom. The maximum Gasteiger partial charge on any atom is 0.244 e. The summed E-state index contributed by atoms with van der Waals surface area (Å²) in [6.07, 6.45) is -0.200. The highest BCUT2D eigenvalue weighted by Gasteiger charge is 2.23. The molecule has 0 saturated heterocycles. The maximum atomic E-state index is 12.2. The van der Waals surface area contributed by atoms with Gasteiger partial charge in [0.1, 0.15) is 4.90 Å². The summed E-state index contributed by atoms with van der Waals surface area (Å²) in [5.74, 6) is 0. The highest BCUT2D eigenvalue weighted by atomic mass is 35.5. The minimum absolute atomic E-state index is 0.0164. The van der Waals surface area contributed by atoms with Crippen molar-refractivity contribution in [2.75, 3.05) is 19.3 Å². The van der Waals surface area contributed by atoms with E-state index in [1.807, 2.05) is 0 Å². The largest absolute Gasteiger partial charge is 0.399 e. The van der Waals surface area contributed by atoms with Crippen LogP contribution in [-0.2, 0) is 10.0 Å². The topological polar surface area (TPSA) is 83.6 Å². The molecule has 0 aliphatic rings. The Kier molecular flexibility index (Phi) is 4.98. The molecule has 0 aliphatic carbocycles. The van der Waals surface area contributed by atoms with E-state index in [2.05, 4.69) is 0 Å². The molecule has 102 valence electrons. The molecule has 0 heterocycles. The molecule has 0 saturated carbocycles. The van der Waals surface area contributed by atoms with Crippen molar-refractivity contribution in [3.8, 4) is 0 Å². The van der Waals surface area contributed by atoms with E-state index in [-0.39, 0.29) is 16.5 Å². The van der Waals surface area contributed by atoms with Crippen LogP contribution in [0.3, 0.4) is 0 Å². The lowest BCUT2D eigenvalue weighted by Gasteiger charge is -2.18. The third kappa shape index (κ3) is 3.58. The van der Waals surface area contributed by atoms with Crippen LogP contribution < -0.4 is 5.73 Å². The first-order valence-corrected chi connectivity index (χ1v) is 7.26. The van der Waals surface area contributed by atoms with Gasteiger partial charge in [0.25, 0.3) is 0 Å². The number of nitrogen functional groups attached to an aromatic ring is 1. The van der Waals surface area contributed by atoms with Crippen LogP contribution in [0.5, 0.6) is 0 Å². The van der Waals surface area contributed by atoms with Crippen LogP contribution in [0.1, 0.15) is 13.3 Å². The maximum absolute atomic E-state index is 12.2. The van der Waals surface area contributed by atoms with Crippen molar-refractivity contribution in [2.45, 2.75) is 24.3 Å². The summed E-state index contributed by atoms with van der Waals surface area (Å²) >= 11 is 5.88. The summed E-state index contributed by atoms with van der Waals surface area (Å²) < 4.78 is 25.6. The summed E-state index contributed by atoms with van der Waals surface area (Å²) in [4.78, 5) is -0.0164. The predicted molar refractivity (Wildman–Crippen MR) is 72.0 cm³/mol. The number of aliphatic hydroxyl groups is 1. The van der Waals surface area contributed by atoms with E-state index in [9.17, 15) is 8.42 Å². The number of halogens is 1. The van der Waals surface area contributed by atoms with E-state index < -0.39 is 16.1 Å². The van der Waals surface area contributed by atoms with Gasteiger partial charge in [-0.1, -0.05) is 11.6 Å². The molecule has 1 rings (SSSR count). The lowest BCUT2D eigenvalue weighted by Crippen LogP contribution is -2.29. The van der Waals surface area contributed by atoms with Crippen molar-refractivity contribution in [3.05, 3.63) is 23.2 Å². The number of aliphatic hydroxyl groups excluding tert-OH is 1. The van der Waals surface area contributed by atoms with Gasteiger partial charge in [-0.05, 0) is 31.5 Å². The molecular weight excluding hydrogens is 276 g/mol. The van der Waals surface area contributed by atoms with Crippen molar-refractivity contribution in [2.24, 2.45) is 0 Å². The molecule has 0 aromatic heterocycles. The van der Waals surface area contributed by atoms with E-state index in [1.54, 1.807) is 6.92 Å². The minimum atomic E-state index is -3.68. The summed E-state index contributed by atoms with van der Waals surface area (Å²) in [6.45, 7) is 1.82. The number of hydrogen-bond acceptors (Lipinski definition) is 4. The number of benzene rings is 1. The third-order valence-electron chi connectivity index (χ3n) is 2.51. The number of anilines is 1. The Labute approximate surface area is 112 Å². The average molecular weight is 293 g/mol. The zero-order valence-electron chi connectivity index (χ0n) is 10.3. The number of nitrogens with two attached hydrogens (primary N) is 1. The minimum Gasteiger partial charge on any atom is -0.399 e. The van der Waals surface area contributed by atoms with Gasteiger partial charge in [-0.25, -0.2) is 12.7 Å². The lowest BCUT2D eigenvalue weighted by atomic mass is 10.3. The van der Waals surface area contributed by atoms with Crippen molar-refractivity contribution >= 4 is 27.3 Å². The molecular formula is C11H17ClN2O3S. The Morgan fingerprint density at radius 3 is 2.67 bits per heavy atom. The summed E-state index contributed by atoms with van der Waals surface area (Å²) in [7, 11) is -2.24. The van der Waals surface area contributed by atoms with E-state index in [0.717, 1.165) is 4.31 Å². The van der Waals surface area contributed by atoms with Gasteiger partial charge < -0.3 is 10.8 Å². The molecule has 1 atom stereocenters. The normalized spacial score (nSPS) is 13.8. The van der Waals surface area contributed by atoms with E-state index in [1.165, 1.54) is 25.2 Å². The molecule has 0 amide bonds. The van der Waals surface area contributed by atoms with E-state index in [0.29, 0.717) is 12.1 Å². The van der Waals surface area contributed by atoms with Gasteiger partial charge >= 0.3 is 0 Å². The lowest BCUT2D eigenvalue weighted by molar-refractivity contribution is 0.177. The van der Waals surface area contributed by atoms with Crippen molar-refractivity contribution in [3.63, 3.8) is 0 Å². The smallest absolute Gasteiger partial charge is 0.244 e. The fourth-order valence-corrected chi connectivity index (χ4v) is 3.07. The third-order valence-corrected chi connectivity index (χ3v) is 4.84. The monoisotopic (exact) mass is 292 g/mol. The van der Waals surface area contributed by atoms with Gasteiger partial charge in [0.15, 0.2) is 0 Å². The van der Waals surface area contributed by atoms with Crippen LogP contribution >= 0.6 is 11.6 Å². The molecule has 1 unspecified atom stereocenters.